The van der Waals surface area contributed by atoms with Crippen molar-refractivity contribution >= 4 is 23.7 Å². The average molecular weight is 298 g/mol. The molecule has 2 rings (SSSR count). The largest absolute Gasteiger partial charge is 0.496 e. The van der Waals surface area contributed by atoms with Gasteiger partial charge in [-0.15, -0.1) is 12.4 Å². The maximum absolute atomic E-state index is 6.33. The quantitative estimate of drug-likeness (QED) is 0.910. The Morgan fingerprint density at radius 1 is 1.16 bits per heavy atom. The molecule has 2 nitrogen and oxygen atoms in total. The van der Waals surface area contributed by atoms with E-state index in [9.17, 15) is 0 Å². The third-order valence-electron chi connectivity index (χ3n) is 3.16. The van der Waals surface area contributed by atoms with Gasteiger partial charge in [-0.2, -0.15) is 11.3 Å². The molecule has 1 atom stereocenters. The highest BCUT2D eigenvalue weighted by Crippen LogP contribution is 2.32. The lowest BCUT2D eigenvalue weighted by molar-refractivity contribution is 0.407. The zero-order chi connectivity index (χ0) is 13.1. The Balaban J connectivity index is 0.00000180. The summed E-state index contributed by atoms with van der Waals surface area (Å²) in [5.74, 6) is 1.35. The Morgan fingerprint density at radius 2 is 1.89 bits per heavy atom. The third-order valence-corrected chi connectivity index (χ3v) is 3.86. The van der Waals surface area contributed by atoms with E-state index in [-0.39, 0.29) is 18.4 Å². The van der Waals surface area contributed by atoms with Crippen LogP contribution in [0.1, 0.15) is 42.5 Å². The molecule has 1 aromatic heterocycles. The normalized spacial score (nSPS) is 12.1. The molecule has 0 unspecified atom stereocenters. The summed E-state index contributed by atoms with van der Waals surface area (Å²) in [6.45, 7) is 4.36. The van der Waals surface area contributed by atoms with E-state index in [1.807, 2.05) is 11.4 Å². The first-order valence-corrected chi connectivity index (χ1v) is 7.03. The van der Waals surface area contributed by atoms with E-state index in [1.54, 1.807) is 18.4 Å². The highest BCUT2D eigenvalue weighted by atomic mass is 35.5. The van der Waals surface area contributed by atoms with Gasteiger partial charge in [0, 0.05) is 5.56 Å². The minimum Gasteiger partial charge on any atom is -0.496 e. The number of hydrogen-bond acceptors (Lipinski definition) is 3. The molecule has 0 amide bonds. The molecule has 104 valence electrons. The molecule has 0 aliphatic heterocycles. The number of nitrogens with two attached hydrogens (primary N) is 1. The molecular formula is C15H20ClNOS. The monoisotopic (exact) mass is 297 g/mol. The SMILES string of the molecule is COc1ccc(C(C)C)cc1[C@H](N)c1ccsc1.Cl. The van der Waals surface area contributed by atoms with E-state index in [2.05, 4.69) is 37.4 Å². The number of thiophene rings is 1. The van der Waals surface area contributed by atoms with Crippen molar-refractivity contribution in [2.24, 2.45) is 5.73 Å². The van der Waals surface area contributed by atoms with Crippen LogP contribution in [0.5, 0.6) is 5.75 Å². The second-order valence-electron chi connectivity index (χ2n) is 4.69. The van der Waals surface area contributed by atoms with Gasteiger partial charge < -0.3 is 10.5 Å². The molecule has 1 heterocycles. The molecule has 0 spiro atoms. The molecule has 2 aromatic rings. The van der Waals surface area contributed by atoms with Gasteiger partial charge in [-0.05, 0) is 46.0 Å². The van der Waals surface area contributed by atoms with E-state index in [0.29, 0.717) is 5.92 Å². The third kappa shape index (κ3) is 3.50. The Labute approximate surface area is 125 Å². The molecule has 0 bridgehead atoms. The van der Waals surface area contributed by atoms with E-state index in [1.165, 1.54) is 5.56 Å². The van der Waals surface area contributed by atoms with Crippen LogP contribution in [0.15, 0.2) is 35.0 Å². The first-order valence-electron chi connectivity index (χ1n) is 6.09. The highest BCUT2D eigenvalue weighted by molar-refractivity contribution is 7.08. The second kappa shape index (κ2) is 6.94. The lowest BCUT2D eigenvalue weighted by Crippen LogP contribution is -2.12. The summed E-state index contributed by atoms with van der Waals surface area (Å²) in [4.78, 5) is 0. The summed E-state index contributed by atoms with van der Waals surface area (Å²) in [6, 6.07) is 8.22. The molecule has 0 fully saturated rings. The summed E-state index contributed by atoms with van der Waals surface area (Å²) in [5.41, 5.74) is 9.82. The summed E-state index contributed by atoms with van der Waals surface area (Å²) in [7, 11) is 1.69. The van der Waals surface area contributed by atoms with Crippen LogP contribution >= 0.6 is 23.7 Å². The fourth-order valence-electron chi connectivity index (χ4n) is 1.99. The first-order chi connectivity index (χ1) is 8.63. The summed E-state index contributed by atoms with van der Waals surface area (Å²) in [5, 5.41) is 4.14. The van der Waals surface area contributed by atoms with Crippen molar-refractivity contribution in [1.82, 2.24) is 0 Å². The fraction of sp³-hybridized carbons (Fsp3) is 0.333. The Kier molecular flexibility index (Phi) is 5.85. The summed E-state index contributed by atoms with van der Waals surface area (Å²) >= 11 is 1.67. The van der Waals surface area contributed by atoms with Crippen LogP contribution in [-0.2, 0) is 0 Å². The van der Waals surface area contributed by atoms with Crippen LogP contribution < -0.4 is 10.5 Å². The average Bonchev–Trinajstić information content (AvgIpc) is 2.90. The topological polar surface area (TPSA) is 35.2 Å². The van der Waals surface area contributed by atoms with Gasteiger partial charge in [-0.1, -0.05) is 19.9 Å². The van der Waals surface area contributed by atoms with Crippen LogP contribution in [0.25, 0.3) is 0 Å². The first kappa shape index (κ1) is 16.0. The van der Waals surface area contributed by atoms with Gasteiger partial charge in [0.15, 0.2) is 0 Å². The number of ether oxygens (including phenoxy) is 1. The molecule has 0 saturated carbocycles. The van der Waals surface area contributed by atoms with Gasteiger partial charge >= 0.3 is 0 Å². The second-order valence-corrected chi connectivity index (χ2v) is 5.47. The molecule has 0 aliphatic carbocycles. The van der Waals surface area contributed by atoms with Gasteiger partial charge in [-0.3, -0.25) is 0 Å². The van der Waals surface area contributed by atoms with Crippen molar-refractivity contribution < 1.29 is 4.74 Å². The molecule has 4 heteroatoms. The van der Waals surface area contributed by atoms with Gasteiger partial charge in [0.1, 0.15) is 5.75 Å². The molecule has 1 aromatic carbocycles. The van der Waals surface area contributed by atoms with Crippen LogP contribution in [-0.4, -0.2) is 7.11 Å². The molecule has 19 heavy (non-hydrogen) atoms. The summed E-state index contributed by atoms with van der Waals surface area (Å²) < 4.78 is 5.42. The molecule has 2 N–H and O–H groups in total. The molecule has 0 radical (unpaired) electrons. The minimum absolute atomic E-state index is 0. The van der Waals surface area contributed by atoms with Gasteiger partial charge in [0.25, 0.3) is 0 Å². The highest BCUT2D eigenvalue weighted by Gasteiger charge is 2.15. The van der Waals surface area contributed by atoms with E-state index >= 15 is 0 Å². The zero-order valence-corrected chi connectivity index (χ0v) is 13.1. The number of benzene rings is 1. The molecular weight excluding hydrogens is 278 g/mol. The van der Waals surface area contributed by atoms with E-state index in [4.69, 9.17) is 10.5 Å². The van der Waals surface area contributed by atoms with Crippen molar-refractivity contribution in [3.8, 4) is 5.75 Å². The number of rotatable bonds is 4. The van der Waals surface area contributed by atoms with Gasteiger partial charge in [0.05, 0.1) is 13.2 Å². The number of halogens is 1. The lowest BCUT2D eigenvalue weighted by Gasteiger charge is -2.17. The number of methoxy groups -OCH3 is 1. The van der Waals surface area contributed by atoms with Gasteiger partial charge in [-0.25, -0.2) is 0 Å². The van der Waals surface area contributed by atoms with Crippen LogP contribution in [0.2, 0.25) is 0 Å². The minimum atomic E-state index is -0.120. The van der Waals surface area contributed by atoms with Crippen molar-refractivity contribution in [1.29, 1.82) is 0 Å². The van der Waals surface area contributed by atoms with Crippen molar-refractivity contribution in [3.63, 3.8) is 0 Å². The van der Waals surface area contributed by atoms with Crippen molar-refractivity contribution in [3.05, 3.63) is 51.7 Å². The Bertz CT molecular complexity index is 511. The predicted octanol–water partition coefficient (Wildman–Crippen LogP) is 4.35. The maximum atomic E-state index is 6.33. The van der Waals surface area contributed by atoms with Crippen LogP contribution in [0.4, 0.5) is 0 Å². The predicted molar refractivity (Wildman–Crippen MR) is 84.7 cm³/mol. The smallest absolute Gasteiger partial charge is 0.123 e. The van der Waals surface area contributed by atoms with Gasteiger partial charge in [0.2, 0.25) is 0 Å². The maximum Gasteiger partial charge on any atom is 0.123 e. The van der Waals surface area contributed by atoms with E-state index in [0.717, 1.165) is 16.9 Å². The Morgan fingerprint density at radius 3 is 2.42 bits per heavy atom. The molecule has 0 aliphatic rings. The Hall–Kier alpha value is -1.03. The lowest BCUT2D eigenvalue weighted by atomic mass is 9.95. The number of hydrogen-bond donors (Lipinski definition) is 1. The van der Waals surface area contributed by atoms with Crippen molar-refractivity contribution in [2.75, 3.05) is 7.11 Å². The van der Waals surface area contributed by atoms with Crippen molar-refractivity contribution in [2.45, 2.75) is 25.8 Å². The standard InChI is InChI=1S/C15H19NOS.ClH/c1-10(2)11-4-5-14(17-3)13(8-11)15(16)12-6-7-18-9-12;/h4-10,15H,16H2,1-3H3;1H/t15-;/m1./s1. The summed E-state index contributed by atoms with van der Waals surface area (Å²) in [6.07, 6.45) is 0. The van der Waals surface area contributed by atoms with Crippen LogP contribution in [0.3, 0.4) is 0 Å². The van der Waals surface area contributed by atoms with E-state index < -0.39 is 0 Å². The van der Waals surface area contributed by atoms with Crippen LogP contribution in [0, 0.1) is 0 Å². The zero-order valence-electron chi connectivity index (χ0n) is 11.4. The molecule has 0 saturated heterocycles. The fourth-order valence-corrected chi connectivity index (χ4v) is 2.68.